The van der Waals surface area contributed by atoms with E-state index in [1.165, 1.54) is 26.0 Å². The van der Waals surface area contributed by atoms with Gasteiger partial charge < -0.3 is 4.74 Å². The monoisotopic (exact) mass is 281 g/mol. The number of benzene rings is 1. The lowest BCUT2D eigenvalue weighted by Crippen LogP contribution is -2.53. The quantitative estimate of drug-likeness (QED) is 0.642. The van der Waals surface area contributed by atoms with Gasteiger partial charge in [0.15, 0.2) is 11.6 Å². The standard InChI is InChI=1S/C15H24FN3O/c1-15(2,19-8-4-5-9-19)14(18-17)11-6-7-13(20-3)12(16)10-11/h6-7,10,14,18H,4-5,8-9,17H2,1-3H3. The van der Waals surface area contributed by atoms with E-state index in [1.54, 1.807) is 6.07 Å². The summed E-state index contributed by atoms with van der Waals surface area (Å²) in [7, 11) is 1.46. The number of nitrogens with one attached hydrogen (secondary N) is 1. The van der Waals surface area contributed by atoms with Gasteiger partial charge in [0.25, 0.3) is 0 Å². The minimum atomic E-state index is -0.359. The molecule has 0 aromatic heterocycles. The molecule has 2 rings (SSSR count). The maximum absolute atomic E-state index is 13.9. The Morgan fingerprint density at radius 3 is 2.50 bits per heavy atom. The number of halogens is 1. The number of likely N-dealkylation sites (tertiary alicyclic amines) is 1. The molecular weight excluding hydrogens is 257 g/mol. The van der Waals surface area contributed by atoms with E-state index in [0.29, 0.717) is 0 Å². The fourth-order valence-electron chi connectivity index (χ4n) is 3.05. The molecule has 0 spiro atoms. The number of methoxy groups -OCH3 is 1. The van der Waals surface area contributed by atoms with Crippen molar-refractivity contribution in [3.05, 3.63) is 29.6 Å². The molecule has 5 heteroatoms. The molecule has 1 unspecified atom stereocenters. The first-order valence-corrected chi connectivity index (χ1v) is 7.05. The number of hydrogen-bond acceptors (Lipinski definition) is 4. The Kier molecular flexibility index (Phi) is 4.62. The number of ether oxygens (including phenoxy) is 1. The lowest BCUT2D eigenvalue weighted by Gasteiger charge is -2.42. The van der Waals surface area contributed by atoms with E-state index in [0.717, 1.165) is 18.7 Å². The first kappa shape index (κ1) is 15.2. The summed E-state index contributed by atoms with van der Waals surface area (Å²) >= 11 is 0. The van der Waals surface area contributed by atoms with E-state index in [-0.39, 0.29) is 23.1 Å². The Labute approximate surface area is 120 Å². The molecule has 1 aliphatic heterocycles. The van der Waals surface area contributed by atoms with E-state index in [1.807, 2.05) is 6.07 Å². The van der Waals surface area contributed by atoms with E-state index < -0.39 is 0 Å². The van der Waals surface area contributed by atoms with Crippen LogP contribution in [-0.2, 0) is 0 Å². The molecule has 4 nitrogen and oxygen atoms in total. The van der Waals surface area contributed by atoms with Crippen LogP contribution in [0.3, 0.4) is 0 Å². The van der Waals surface area contributed by atoms with Crippen molar-refractivity contribution in [3.8, 4) is 5.75 Å². The molecule has 1 heterocycles. The average molecular weight is 281 g/mol. The van der Waals surface area contributed by atoms with Crippen molar-refractivity contribution in [1.29, 1.82) is 0 Å². The van der Waals surface area contributed by atoms with Crippen molar-refractivity contribution in [1.82, 2.24) is 10.3 Å². The highest BCUT2D eigenvalue weighted by Gasteiger charge is 2.37. The number of hydrazine groups is 1. The summed E-state index contributed by atoms with van der Waals surface area (Å²) in [4.78, 5) is 2.40. The van der Waals surface area contributed by atoms with Crippen LogP contribution in [0.1, 0.15) is 38.3 Å². The summed E-state index contributed by atoms with van der Waals surface area (Å²) in [5, 5.41) is 0. The van der Waals surface area contributed by atoms with Crippen molar-refractivity contribution in [2.45, 2.75) is 38.3 Å². The van der Waals surface area contributed by atoms with Crippen LogP contribution in [0.25, 0.3) is 0 Å². The van der Waals surface area contributed by atoms with Crippen molar-refractivity contribution < 1.29 is 9.13 Å². The molecule has 1 fully saturated rings. The molecule has 1 aromatic carbocycles. The summed E-state index contributed by atoms with van der Waals surface area (Å²) < 4.78 is 18.9. The molecule has 1 atom stereocenters. The third-order valence-electron chi connectivity index (χ3n) is 4.30. The third kappa shape index (κ3) is 2.80. The molecule has 1 aromatic rings. The van der Waals surface area contributed by atoms with Crippen LogP contribution in [0.15, 0.2) is 18.2 Å². The predicted octanol–water partition coefficient (Wildman–Crippen LogP) is 2.21. The number of nitrogens with zero attached hydrogens (tertiary/aromatic N) is 1. The molecule has 0 radical (unpaired) electrons. The number of hydrogen-bond donors (Lipinski definition) is 2. The molecule has 20 heavy (non-hydrogen) atoms. The Hall–Kier alpha value is -1.17. The van der Waals surface area contributed by atoms with E-state index in [2.05, 4.69) is 24.2 Å². The fourth-order valence-corrected chi connectivity index (χ4v) is 3.05. The smallest absolute Gasteiger partial charge is 0.165 e. The normalized spacial score (nSPS) is 18.2. The van der Waals surface area contributed by atoms with Gasteiger partial charge in [-0.3, -0.25) is 16.2 Å². The summed E-state index contributed by atoms with van der Waals surface area (Å²) in [5.41, 5.74) is 3.51. The molecule has 0 bridgehead atoms. The van der Waals surface area contributed by atoms with Gasteiger partial charge in [-0.05, 0) is 57.5 Å². The van der Waals surface area contributed by atoms with Crippen molar-refractivity contribution in [3.63, 3.8) is 0 Å². The predicted molar refractivity (Wildman–Crippen MR) is 77.9 cm³/mol. The summed E-state index contributed by atoms with van der Waals surface area (Å²) in [5.74, 6) is 5.64. The van der Waals surface area contributed by atoms with Gasteiger partial charge in [0.05, 0.1) is 13.2 Å². The van der Waals surface area contributed by atoms with Gasteiger partial charge in [-0.25, -0.2) is 4.39 Å². The van der Waals surface area contributed by atoms with Crippen LogP contribution < -0.4 is 16.0 Å². The SMILES string of the molecule is COc1ccc(C(NN)C(C)(C)N2CCCC2)cc1F. The average Bonchev–Trinajstić information content (AvgIpc) is 2.94. The second-order valence-electron chi connectivity index (χ2n) is 5.84. The Morgan fingerprint density at radius 2 is 2.00 bits per heavy atom. The minimum Gasteiger partial charge on any atom is -0.494 e. The van der Waals surface area contributed by atoms with Crippen LogP contribution in [0.4, 0.5) is 4.39 Å². The first-order chi connectivity index (χ1) is 9.50. The van der Waals surface area contributed by atoms with Crippen molar-refractivity contribution in [2.24, 2.45) is 5.84 Å². The van der Waals surface area contributed by atoms with Gasteiger partial charge in [-0.2, -0.15) is 0 Å². The maximum atomic E-state index is 13.9. The molecule has 1 saturated heterocycles. The Bertz CT molecular complexity index is 458. The Morgan fingerprint density at radius 1 is 1.35 bits per heavy atom. The molecule has 0 saturated carbocycles. The number of nitrogens with two attached hydrogens (primary N) is 1. The molecular formula is C15H24FN3O. The highest BCUT2D eigenvalue weighted by molar-refractivity contribution is 5.32. The highest BCUT2D eigenvalue weighted by atomic mass is 19.1. The maximum Gasteiger partial charge on any atom is 0.165 e. The zero-order chi connectivity index (χ0) is 14.8. The lowest BCUT2D eigenvalue weighted by atomic mass is 9.87. The van der Waals surface area contributed by atoms with E-state index in [4.69, 9.17) is 10.6 Å². The zero-order valence-corrected chi connectivity index (χ0v) is 12.4. The highest BCUT2D eigenvalue weighted by Crippen LogP contribution is 2.34. The van der Waals surface area contributed by atoms with Crippen LogP contribution in [0.5, 0.6) is 5.75 Å². The van der Waals surface area contributed by atoms with Crippen LogP contribution in [-0.4, -0.2) is 30.6 Å². The first-order valence-electron chi connectivity index (χ1n) is 7.05. The summed E-state index contributed by atoms with van der Waals surface area (Å²) in [6.45, 7) is 6.41. The second kappa shape index (κ2) is 6.08. The molecule has 3 N–H and O–H groups in total. The van der Waals surface area contributed by atoms with Gasteiger partial charge >= 0.3 is 0 Å². The number of rotatable bonds is 5. The minimum absolute atomic E-state index is 0.138. The van der Waals surface area contributed by atoms with Crippen LogP contribution in [0, 0.1) is 5.82 Å². The third-order valence-corrected chi connectivity index (χ3v) is 4.30. The second-order valence-corrected chi connectivity index (χ2v) is 5.84. The molecule has 0 aliphatic carbocycles. The van der Waals surface area contributed by atoms with Crippen molar-refractivity contribution >= 4 is 0 Å². The van der Waals surface area contributed by atoms with Gasteiger partial charge in [0.1, 0.15) is 0 Å². The molecule has 0 amide bonds. The van der Waals surface area contributed by atoms with Gasteiger partial charge in [-0.15, -0.1) is 0 Å². The topological polar surface area (TPSA) is 50.5 Å². The van der Waals surface area contributed by atoms with Gasteiger partial charge in [-0.1, -0.05) is 6.07 Å². The van der Waals surface area contributed by atoms with E-state index >= 15 is 0 Å². The fraction of sp³-hybridized carbons (Fsp3) is 0.600. The van der Waals surface area contributed by atoms with Gasteiger partial charge in [0, 0.05) is 5.54 Å². The molecule has 1 aliphatic rings. The van der Waals surface area contributed by atoms with E-state index in [9.17, 15) is 4.39 Å². The summed E-state index contributed by atoms with van der Waals surface area (Å²) in [6, 6.07) is 4.88. The summed E-state index contributed by atoms with van der Waals surface area (Å²) in [6.07, 6.45) is 2.41. The Balaban J connectivity index is 2.29. The largest absolute Gasteiger partial charge is 0.494 e. The van der Waals surface area contributed by atoms with Gasteiger partial charge in [0.2, 0.25) is 0 Å². The molecule has 112 valence electrons. The van der Waals surface area contributed by atoms with Crippen LogP contribution in [0.2, 0.25) is 0 Å². The zero-order valence-electron chi connectivity index (χ0n) is 12.4. The van der Waals surface area contributed by atoms with Crippen molar-refractivity contribution in [2.75, 3.05) is 20.2 Å². The lowest BCUT2D eigenvalue weighted by molar-refractivity contribution is 0.107. The van der Waals surface area contributed by atoms with Crippen LogP contribution >= 0.6 is 0 Å².